The number of alkyl halides is 1. The molecule has 1 aromatic carbocycles. The largest absolute Gasteiger partial charge is 0.493 e. The molecule has 0 N–H and O–H groups in total. The molecule has 5 heteroatoms. The van der Waals surface area contributed by atoms with Crippen LogP contribution in [0.5, 0.6) is 11.5 Å². The molecule has 0 aliphatic carbocycles. The zero-order chi connectivity index (χ0) is 12.8. The number of hydrogen-bond acceptors (Lipinski definition) is 4. The maximum atomic E-state index is 11.8. The lowest BCUT2D eigenvalue weighted by molar-refractivity contribution is 0.0491. The molecule has 1 aromatic rings. The number of Topliss-reactive ketones (excluding diaryl/α,β-unsaturated/α-hetero) is 1. The molecule has 0 radical (unpaired) electrons. The first kappa shape index (κ1) is 14.0. The fourth-order valence-corrected chi connectivity index (χ4v) is 1.56. The molecular weight excluding hydrogens is 288 g/mol. The molecular formula is C12H15BrO4. The van der Waals surface area contributed by atoms with E-state index in [9.17, 15) is 4.79 Å². The van der Waals surface area contributed by atoms with Gasteiger partial charge in [0.15, 0.2) is 24.1 Å². The first-order valence-electron chi connectivity index (χ1n) is 5.08. The van der Waals surface area contributed by atoms with E-state index in [0.717, 1.165) is 0 Å². The predicted molar refractivity (Wildman–Crippen MR) is 68.2 cm³/mol. The Morgan fingerprint density at radius 3 is 2.59 bits per heavy atom. The highest BCUT2D eigenvalue weighted by Gasteiger charge is 2.14. The van der Waals surface area contributed by atoms with Gasteiger partial charge in [-0.1, -0.05) is 15.9 Å². The van der Waals surface area contributed by atoms with Crippen LogP contribution < -0.4 is 9.47 Å². The van der Waals surface area contributed by atoms with Crippen molar-refractivity contribution in [1.29, 1.82) is 0 Å². The topological polar surface area (TPSA) is 44.8 Å². The SMILES string of the molecule is COCOc1ccc(C(=O)C(C)Br)cc1OC. The average molecular weight is 303 g/mol. The van der Waals surface area contributed by atoms with Crippen LogP contribution >= 0.6 is 15.9 Å². The van der Waals surface area contributed by atoms with Gasteiger partial charge in [-0.05, 0) is 25.1 Å². The summed E-state index contributed by atoms with van der Waals surface area (Å²) >= 11 is 3.24. The molecule has 0 heterocycles. The molecule has 0 amide bonds. The number of carbonyl (C=O) groups is 1. The quantitative estimate of drug-likeness (QED) is 0.460. The smallest absolute Gasteiger partial charge is 0.188 e. The molecule has 0 aliphatic heterocycles. The van der Waals surface area contributed by atoms with Crippen molar-refractivity contribution in [2.75, 3.05) is 21.0 Å². The summed E-state index contributed by atoms with van der Waals surface area (Å²) in [7, 11) is 3.07. The van der Waals surface area contributed by atoms with Crippen LogP contribution in [0.3, 0.4) is 0 Å². The highest BCUT2D eigenvalue weighted by molar-refractivity contribution is 9.10. The van der Waals surface area contributed by atoms with Crippen LogP contribution in [0.2, 0.25) is 0 Å². The number of carbonyl (C=O) groups excluding carboxylic acids is 1. The van der Waals surface area contributed by atoms with Crippen LogP contribution in [0.25, 0.3) is 0 Å². The fraction of sp³-hybridized carbons (Fsp3) is 0.417. The molecule has 94 valence electrons. The van der Waals surface area contributed by atoms with Crippen molar-refractivity contribution < 1.29 is 19.0 Å². The molecule has 4 nitrogen and oxygen atoms in total. The van der Waals surface area contributed by atoms with Gasteiger partial charge in [-0.25, -0.2) is 0 Å². The van der Waals surface area contributed by atoms with Crippen molar-refractivity contribution in [1.82, 2.24) is 0 Å². The maximum absolute atomic E-state index is 11.8. The van der Waals surface area contributed by atoms with E-state index in [2.05, 4.69) is 15.9 Å². The van der Waals surface area contributed by atoms with E-state index < -0.39 is 0 Å². The first-order valence-corrected chi connectivity index (χ1v) is 5.99. The van der Waals surface area contributed by atoms with Gasteiger partial charge in [0.05, 0.1) is 11.9 Å². The van der Waals surface area contributed by atoms with E-state index in [-0.39, 0.29) is 17.4 Å². The lowest BCUT2D eigenvalue weighted by Gasteiger charge is -2.11. The van der Waals surface area contributed by atoms with Gasteiger partial charge in [-0.2, -0.15) is 0 Å². The monoisotopic (exact) mass is 302 g/mol. The fourth-order valence-electron chi connectivity index (χ4n) is 1.29. The van der Waals surface area contributed by atoms with E-state index in [0.29, 0.717) is 17.1 Å². The van der Waals surface area contributed by atoms with Crippen molar-refractivity contribution in [3.05, 3.63) is 23.8 Å². The average Bonchev–Trinajstić information content (AvgIpc) is 2.35. The predicted octanol–water partition coefficient (Wildman–Crippen LogP) is 2.64. The number of ether oxygens (including phenoxy) is 3. The molecule has 0 spiro atoms. The molecule has 0 saturated carbocycles. The van der Waals surface area contributed by atoms with Crippen LogP contribution in [0, 0.1) is 0 Å². The van der Waals surface area contributed by atoms with E-state index in [1.807, 2.05) is 0 Å². The number of hydrogen-bond donors (Lipinski definition) is 0. The van der Waals surface area contributed by atoms with Crippen molar-refractivity contribution in [3.8, 4) is 11.5 Å². The zero-order valence-corrected chi connectivity index (χ0v) is 11.6. The normalized spacial score (nSPS) is 12.0. The second-order valence-corrected chi connectivity index (χ2v) is 4.77. The van der Waals surface area contributed by atoms with Gasteiger partial charge in [-0.3, -0.25) is 4.79 Å². The van der Waals surface area contributed by atoms with Gasteiger partial charge in [0, 0.05) is 12.7 Å². The lowest BCUT2D eigenvalue weighted by Crippen LogP contribution is -2.10. The lowest BCUT2D eigenvalue weighted by atomic mass is 10.1. The Balaban J connectivity index is 2.95. The minimum atomic E-state index is -0.224. The van der Waals surface area contributed by atoms with Crippen LogP contribution in [0.4, 0.5) is 0 Å². The van der Waals surface area contributed by atoms with E-state index in [1.54, 1.807) is 25.1 Å². The standard InChI is InChI=1S/C12H15BrO4/c1-8(13)12(14)9-4-5-10(17-7-15-2)11(6-9)16-3/h4-6,8H,7H2,1-3H3. The van der Waals surface area contributed by atoms with Crippen LogP contribution in [-0.4, -0.2) is 31.6 Å². The Kier molecular flexibility index (Phi) is 5.44. The van der Waals surface area contributed by atoms with E-state index >= 15 is 0 Å². The van der Waals surface area contributed by atoms with Crippen molar-refractivity contribution >= 4 is 21.7 Å². The summed E-state index contributed by atoms with van der Waals surface area (Å²) < 4.78 is 15.3. The van der Waals surface area contributed by atoms with Crippen LogP contribution in [-0.2, 0) is 4.74 Å². The summed E-state index contributed by atoms with van der Waals surface area (Å²) in [5.74, 6) is 1.07. The van der Waals surface area contributed by atoms with Gasteiger partial charge >= 0.3 is 0 Å². The Morgan fingerprint density at radius 2 is 2.06 bits per heavy atom. The molecule has 0 bridgehead atoms. The van der Waals surface area contributed by atoms with Gasteiger partial charge in [0.25, 0.3) is 0 Å². The molecule has 1 unspecified atom stereocenters. The van der Waals surface area contributed by atoms with Crippen molar-refractivity contribution in [2.45, 2.75) is 11.8 Å². The summed E-state index contributed by atoms with van der Waals surface area (Å²) in [4.78, 5) is 11.5. The minimum absolute atomic E-state index is 0.00147. The summed E-state index contributed by atoms with van der Waals surface area (Å²) in [6, 6.07) is 5.05. The number of ketones is 1. The van der Waals surface area contributed by atoms with Crippen molar-refractivity contribution in [3.63, 3.8) is 0 Å². The summed E-state index contributed by atoms with van der Waals surface area (Å²) in [5.41, 5.74) is 0.580. The second-order valence-electron chi connectivity index (χ2n) is 3.40. The number of benzene rings is 1. The minimum Gasteiger partial charge on any atom is -0.493 e. The van der Waals surface area contributed by atoms with Gasteiger partial charge in [0.1, 0.15) is 0 Å². The van der Waals surface area contributed by atoms with Crippen LogP contribution in [0.15, 0.2) is 18.2 Å². The molecule has 0 saturated heterocycles. The molecule has 0 aromatic heterocycles. The van der Waals surface area contributed by atoms with Gasteiger partial charge < -0.3 is 14.2 Å². The number of methoxy groups -OCH3 is 2. The highest BCUT2D eigenvalue weighted by Crippen LogP contribution is 2.28. The zero-order valence-electron chi connectivity index (χ0n) is 10.0. The molecule has 1 atom stereocenters. The number of halogens is 1. The van der Waals surface area contributed by atoms with E-state index in [1.165, 1.54) is 14.2 Å². The third-order valence-electron chi connectivity index (χ3n) is 2.14. The summed E-state index contributed by atoms with van der Waals surface area (Å²) in [5, 5.41) is 0. The highest BCUT2D eigenvalue weighted by atomic mass is 79.9. The second kappa shape index (κ2) is 6.61. The maximum Gasteiger partial charge on any atom is 0.188 e. The summed E-state index contributed by atoms with van der Waals surface area (Å²) in [6.45, 7) is 1.92. The third-order valence-corrected chi connectivity index (χ3v) is 2.56. The Bertz CT molecular complexity index is 390. The Labute approximate surface area is 109 Å². The first-order chi connectivity index (χ1) is 8.10. The van der Waals surface area contributed by atoms with Crippen LogP contribution in [0.1, 0.15) is 17.3 Å². The van der Waals surface area contributed by atoms with Crippen molar-refractivity contribution in [2.24, 2.45) is 0 Å². The van der Waals surface area contributed by atoms with Gasteiger partial charge in [-0.15, -0.1) is 0 Å². The number of rotatable bonds is 6. The molecule has 0 fully saturated rings. The van der Waals surface area contributed by atoms with E-state index in [4.69, 9.17) is 14.2 Å². The molecule has 17 heavy (non-hydrogen) atoms. The Morgan fingerprint density at radius 1 is 1.35 bits per heavy atom. The summed E-state index contributed by atoms with van der Waals surface area (Å²) in [6.07, 6.45) is 0. The molecule has 0 aliphatic rings. The molecule has 1 rings (SSSR count). The van der Waals surface area contributed by atoms with Gasteiger partial charge in [0.2, 0.25) is 0 Å². The third kappa shape index (κ3) is 3.71. The Hall–Kier alpha value is -1.07.